The predicted octanol–water partition coefficient (Wildman–Crippen LogP) is 4.19. The number of fused-ring (bicyclic) bond motifs is 3. The molecule has 0 radical (unpaired) electrons. The van der Waals surface area contributed by atoms with Crippen molar-refractivity contribution in [3.63, 3.8) is 0 Å². The molecular formula is C23H21ClFN3O2. The number of nitrogens with zero attached hydrogens (tertiary/aromatic N) is 2. The Morgan fingerprint density at radius 1 is 1.03 bits per heavy atom. The largest absolute Gasteiger partial charge is 0.356 e. The Kier molecular flexibility index (Phi) is 5.86. The van der Waals surface area contributed by atoms with Gasteiger partial charge in [-0.25, -0.2) is 4.39 Å². The molecule has 0 fully saturated rings. The number of nitrogens with one attached hydrogen (secondary N) is 1. The fourth-order valence-electron chi connectivity index (χ4n) is 3.63. The summed E-state index contributed by atoms with van der Waals surface area (Å²) in [7, 11) is 0. The van der Waals surface area contributed by atoms with Crippen LogP contribution in [0.3, 0.4) is 0 Å². The van der Waals surface area contributed by atoms with E-state index in [-0.39, 0.29) is 17.9 Å². The zero-order valence-corrected chi connectivity index (χ0v) is 17.0. The number of hydrogen-bond acceptors (Lipinski definition) is 2. The van der Waals surface area contributed by atoms with Gasteiger partial charge in [-0.05, 0) is 60.9 Å². The minimum atomic E-state index is -0.401. The van der Waals surface area contributed by atoms with Crippen LogP contribution in [0, 0.1) is 5.82 Å². The summed E-state index contributed by atoms with van der Waals surface area (Å²) in [5.41, 5.74) is 2.71. The van der Waals surface area contributed by atoms with Gasteiger partial charge < -0.3 is 14.3 Å². The highest BCUT2D eigenvalue weighted by atomic mass is 35.5. The molecule has 4 aromatic rings. The molecule has 1 amide bonds. The molecular weight excluding hydrogens is 405 g/mol. The van der Waals surface area contributed by atoms with Crippen LogP contribution in [0.15, 0.2) is 65.6 Å². The minimum Gasteiger partial charge on any atom is -0.356 e. The predicted molar refractivity (Wildman–Crippen MR) is 117 cm³/mol. The van der Waals surface area contributed by atoms with Crippen molar-refractivity contribution in [1.82, 2.24) is 14.3 Å². The van der Waals surface area contributed by atoms with E-state index < -0.39 is 5.82 Å². The lowest BCUT2D eigenvalue weighted by Gasteiger charge is -2.13. The first kappa shape index (κ1) is 20.2. The second-order valence-corrected chi connectivity index (χ2v) is 7.62. The molecule has 2 aromatic heterocycles. The Morgan fingerprint density at radius 2 is 1.83 bits per heavy atom. The highest BCUT2D eigenvalue weighted by Gasteiger charge is 2.12. The molecule has 0 saturated heterocycles. The molecule has 0 aliphatic rings. The monoisotopic (exact) mass is 425 g/mol. The molecule has 4 rings (SSSR count). The summed E-state index contributed by atoms with van der Waals surface area (Å²) in [4.78, 5) is 25.0. The van der Waals surface area contributed by atoms with E-state index in [1.165, 1.54) is 12.1 Å². The topological polar surface area (TPSA) is 55.5 Å². The first-order chi connectivity index (χ1) is 14.5. The lowest BCUT2D eigenvalue weighted by atomic mass is 10.1. The van der Waals surface area contributed by atoms with Gasteiger partial charge in [0.15, 0.2) is 0 Å². The third kappa shape index (κ3) is 4.24. The molecule has 2 aromatic carbocycles. The van der Waals surface area contributed by atoms with Gasteiger partial charge in [-0.15, -0.1) is 0 Å². The van der Waals surface area contributed by atoms with Crippen molar-refractivity contribution >= 4 is 34.1 Å². The van der Waals surface area contributed by atoms with Gasteiger partial charge >= 0.3 is 0 Å². The standard InChI is InChI=1S/C23H21ClFN3O2/c24-17-7-5-16(6-8-17)11-12-26-22(29)4-2-14-28-21-15-18(25)9-10-19(21)27-13-1-3-20(27)23(28)30/h1,3,5-10,13,15H,2,4,11-12,14H2,(H,26,29). The van der Waals surface area contributed by atoms with E-state index in [1.54, 1.807) is 33.4 Å². The van der Waals surface area contributed by atoms with E-state index in [1.807, 2.05) is 24.3 Å². The van der Waals surface area contributed by atoms with Crippen LogP contribution in [-0.4, -0.2) is 21.4 Å². The van der Waals surface area contributed by atoms with Gasteiger partial charge in [0.25, 0.3) is 5.56 Å². The van der Waals surface area contributed by atoms with Crippen molar-refractivity contribution in [3.8, 4) is 0 Å². The lowest BCUT2D eigenvalue weighted by molar-refractivity contribution is -0.121. The van der Waals surface area contributed by atoms with Crippen LogP contribution in [0.1, 0.15) is 18.4 Å². The molecule has 5 nitrogen and oxygen atoms in total. The van der Waals surface area contributed by atoms with Gasteiger partial charge in [0.05, 0.1) is 11.0 Å². The van der Waals surface area contributed by atoms with Gasteiger partial charge in [0.2, 0.25) is 5.91 Å². The van der Waals surface area contributed by atoms with Crippen molar-refractivity contribution in [2.24, 2.45) is 0 Å². The van der Waals surface area contributed by atoms with Gasteiger partial charge in [-0.2, -0.15) is 0 Å². The summed E-state index contributed by atoms with van der Waals surface area (Å²) in [5, 5.41) is 3.58. The highest BCUT2D eigenvalue weighted by molar-refractivity contribution is 6.30. The summed E-state index contributed by atoms with van der Waals surface area (Å²) in [6.45, 7) is 0.871. The van der Waals surface area contributed by atoms with Crippen molar-refractivity contribution in [3.05, 3.63) is 87.6 Å². The van der Waals surface area contributed by atoms with Crippen molar-refractivity contribution in [1.29, 1.82) is 0 Å². The van der Waals surface area contributed by atoms with Crippen LogP contribution in [0.5, 0.6) is 0 Å². The quantitative estimate of drug-likeness (QED) is 0.482. The van der Waals surface area contributed by atoms with Crippen LogP contribution in [-0.2, 0) is 17.8 Å². The maximum absolute atomic E-state index is 13.8. The number of carbonyl (C=O) groups excluding carboxylic acids is 1. The number of benzene rings is 2. The molecule has 154 valence electrons. The summed E-state index contributed by atoms with van der Waals surface area (Å²) in [6, 6.07) is 15.5. The zero-order valence-electron chi connectivity index (χ0n) is 16.3. The van der Waals surface area contributed by atoms with Crippen molar-refractivity contribution < 1.29 is 9.18 Å². The Hall–Kier alpha value is -3.12. The van der Waals surface area contributed by atoms with Crippen molar-refractivity contribution in [2.75, 3.05) is 6.54 Å². The average molecular weight is 426 g/mol. The molecule has 0 aliphatic heterocycles. The highest BCUT2D eigenvalue weighted by Crippen LogP contribution is 2.17. The van der Waals surface area contributed by atoms with Crippen LogP contribution in [0.25, 0.3) is 16.6 Å². The van der Waals surface area contributed by atoms with E-state index >= 15 is 0 Å². The molecule has 0 aliphatic carbocycles. The van der Waals surface area contributed by atoms with Gasteiger partial charge in [-0.1, -0.05) is 23.7 Å². The summed E-state index contributed by atoms with van der Waals surface area (Å²) < 4.78 is 17.1. The fraction of sp³-hybridized carbons (Fsp3) is 0.217. The minimum absolute atomic E-state index is 0.0729. The molecule has 0 unspecified atom stereocenters. The summed E-state index contributed by atoms with van der Waals surface area (Å²) in [6.07, 6.45) is 3.28. The van der Waals surface area contributed by atoms with E-state index in [0.29, 0.717) is 35.6 Å². The van der Waals surface area contributed by atoms with Crippen LogP contribution < -0.4 is 10.9 Å². The smallest absolute Gasteiger partial charge is 0.275 e. The van der Waals surface area contributed by atoms with E-state index in [9.17, 15) is 14.0 Å². The molecule has 7 heteroatoms. The number of aromatic nitrogens is 2. The first-order valence-electron chi connectivity index (χ1n) is 9.83. The second kappa shape index (κ2) is 8.71. The zero-order chi connectivity index (χ0) is 21.1. The van der Waals surface area contributed by atoms with Gasteiger partial charge in [0, 0.05) is 30.7 Å². The summed E-state index contributed by atoms with van der Waals surface area (Å²) in [5.74, 6) is -0.474. The Labute approximate surface area is 177 Å². The number of aryl methyl sites for hydroxylation is 1. The maximum Gasteiger partial charge on any atom is 0.275 e. The Balaban J connectivity index is 1.40. The first-order valence-corrected chi connectivity index (χ1v) is 10.2. The molecule has 0 atom stereocenters. The third-order valence-corrected chi connectivity index (χ3v) is 5.39. The fourth-order valence-corrected chi connectivity index (χ4v) is 3.76. The maximum atomic E-state index is 13.8. The molecule has 1 N–H and O–H groups in total. The molecule has 0 bridgehead atoms. The van der Waals surface area contributed by atoms with E-state index in [4.69, 9.17) is 11.6 Å². The van der Waals surface area contributed by atoms with Crippen molar-refractivity contribution in [2.45, 2.75) is 25.8 Å². The Bertz CT molecular complexity index is 1260. The average Bonchev–Trinajstić information content (AvgIpc) is 3.22. The number of carbonyl (C=O) groups is 1. The van der Waals surface area contributed by atoms with E-state index in [0.717, 1.165) is 17.5 Å². The van der Waals surface area contributed by atoms with Crippen LogP contribution in [0.4, 0.5) is 4.39 Å². The van der Waals surface area contributed by atoms with E-state index in [2.05, 4.69) is 5.32 Å². The molecule has 0 spiro atoms. The second-order valence-electron chi connectivity index (χ2n) is 7.18. The SMILES string of the molecule is O=C(CCCn1c(=O)c2cccn2c2ccc(F)cc21)NCCc1ccc(Cl)cc1. The number of rotatable bonds is 7. The van der Waals surface area contributed by atoms with Gasteiger partial charge in [0.1, 0.15) is 11.3 Å². The third-order valence-electron chi connectivity index (χ3n) is 5.14. The molecule has 2 heterocycles. The molecule has 0 saturated carbocycles. The Morgan fingerprint density at radius 3 is 2.63 bits per heavy atom. The van der Waals surface area contributed by atoms with Crippen LogP contribution in [0.2, 0.25) is 5.02 Å². The van der Waals surface area contributed by atoms with Crippen LogP contribution >= 0.6 is 11.6 Å². The normalized spacial score (nSPS) is 11.3. The lowest BCUT2D eigenvalue weighted by Crippen LogP contribution is -2.27. The number of amides is 1. The number of halogens is 2. The summed E-state index contributed by atoms with van der Waals surface area (Å²) >= 11 is 5.87. The van der Waals surface area contributed by atoms with Gasteiger partial charge in [-0.3, -0.25) is 9.59 Å². The number of hydrogen-bond donors (Lipinski definition) is 1. The molecule has 30 heavy (non-hydrogen) atoms.